The molecule has 0 aromatic heterocycles. The van der Waals surface area contributed by atoms with Gasteiger partial charge in [0.25, 0.3) is 5.91 Å². The number of rotatable bonds is 8. The summed E-state index contributed by atoms with van der Waals surface area (Å²) in [4.78, 5) is 14.4. The fourth-order valence-corrected chi connectivity index (χ4v) is 2.81. The number of amides is 1. The Morgan fingerprint density at radius 3 is 2.35 bits per heavy atom. The predicted octanol–water partition coefficient (Wildman–Crippen LogP) is 1.90. The highest BCUT2D eigenvalue weighted by atomic mass is 32.2. The van der Waals surface area contributed by atoms with Crippen LogP contribution in [-0.2, 0) is 10.0 Å². The van der Waals surface area contributed by atoms with Crippen molar-refractivity contribution < 1.29 is 22.7 Å². The molecule has 140 valence electrons. The number of hydrogen-bond acceptors (Lipinski definition) is 5. The fourth-order valence-electron chi connectivity index (χ4n) is 2.35. The zero-order valence-electron chi connectivity index (χ0n) is 14.9. The first-order valence-electron chi connectivity index (χ1n) is 7.91. The van der Waals surface area contributed by atoms with Crippen molar-refractivity contribution in [2.45, 2.75) is 0 Å². The lowest BCUT2D eigenvalue weighted by Gasteiger charge is -2.21. The van der Waals surface area contributed by atoms with Crippen LogP contribution in [0.15, 0.2) is 48.5 Å². The number of benzene rings is 2. The lowest BCUT2D eigenvalue weighted by molar-refractivity contribution is 0.0988. The fraction of sp³-hybridized carbons (Fsp3) is 0.278. The number of carbonyl (C=O) groups excluding carboxylic acids is 1. The molecular formula is C18H22N2O5S. The van der Waals surface area contributed by atoms with Gasteiger partial charge < -0.3 is 14.4 Å². The normalized spacial score (nSPS) is 11.0. The molecule has 0 aliphatic rings. The maximum Gasteiger partial charge on any atom is 0.261 e. The van der Waals surface area contributed by atoms with Gasteiger partial charge in [-0.1, -0.05) is 24.3 Å². The number of nitrogens with one attached hydrogen (secondary N) is 1. The van der Waals surface area contributed by atoms with Crippen molar-refractivity contribution in [1.29, 1.82) is 0 Å². The summed E-state index contributed by atoms with van der Waals surface area (Å²) in [6.07, 6.45) is 1.08. The average molecular weight is 378 g/mol. The molecule has 0 atom stereocenters. The van der Waals surface area contributed by atoms with E-state index in [1.165, 1.54) is 4.90 Å². The van der Waals surface area contributed by atoms with Gasteiger partial charge in [0.2, 0.25) is 10.0 Å². The predicted molar refractivity (Wildman–Crippen MR) is 101 cm³/mol. The SMILES string of the molecule is COc1ccccc1N(C)C(=O)c1ccccc1OCCNS(C)(=O)=O. The second-order valence-electron chi connectivity index (χ2n) is 5.55. The molecule has 0 heterocycles. The van der Waals surface area contributed by atoms with Crippen LogP contribution < -0.4 is 19.1 Å². The minimum Gasteiger partial charge on any atom is -0.495 e. The summed E-state index contributed by atoms with van der Waals surface area (Å²) in [6, 6.07) is 14.0. The molecule has 26 heavy (non-hydrogen) atoms. The molecule has 0 unspecified atom stereocenters. The lowest BCUT2D eigenvalue weighted by Crippen LogP contribution is -2.29. The third-order valence-corrected chi connectivity index (χ3v) is 4.32. The summed E-state index contributed by atoms with van der Waals surface area (Å²) < 4.78 is 35.4. The molecule has 0 aliphatic carbocycles. The maximum atomic E-state index is 12.9. The van der Waals surface area contributed by atoms with Crippen LogP contribution in [-0.4, -0.2) is 47.9 Å². The zero-order valence-corrected chi connectivity index (χ0v) is 15.7. The molecule has 7 nitrogen and oxygen atoms in total. The minimum atomic E-state index is -3.28. The van der Waals surface area contributed by atoms with Crippen molar-refractivity contribution in [1.82, 2.24) is 4.72 Å². The van der Waals surface area contributed by atoms with Crippen molar-refractivity contribution in [3.63, 3.8) is 0 Å². The summed E-state index contributed by atoms with van der Waals surface area (Å²) in [7, 11) is -0.0817. The smallest absolute Gasteiger partial charge is 0.261 e. The average Bonchev–Trinajstić information content (AvgIpc) is 2.63. The van der Waals surface area contributed by atoms with Crippen molar-refractivity contribution in [3.05, 3.63) is 54.1 Å². The molecule has 1 amide bonds. The summed E-state index contributed by atoms with van der Waals surface area (Å²) in [5.74, 6) is 0.704. The van der Waals surface area contributed by atoms with Gasteiger partial charge in [0, 0.05) is 13.6 Å². The second kappa shape index (κ2) is 8.68. The van der Waals surface area contributed by atoms with Crippen LogP contribution >= 0.6 is 0 Å². The highest BCUT2D eigenvalue weighted by molar-refractivity contribution is 7.88. The Hall–Kier alpha value is -2.58. The van der Waals surface area contributed by atoms with Crippen molar-refractivity contribution in [3.8, 4) is 11.5 Å². The molecule has 2 aromatic carbocycles. The number of hydrogen-bond donors (Lipinski definition) is 1. The van der Waals surface area contributed by atoms with Gasteiger partial charge in [-0.25, -0.2) is 13.1 Å². The van der Waals surface area contributed by atoms with E-state index in [9.17, 15) is 13.2 Å². The number of carbonyl (C=O) groups is 1. The molecule has 0 bridgehead atoms. The van der Waals surface area contributed by atoms with Crippen LogP contribution in [0.1, 0.15) is 10.4 Å². The van der Waals surface area contributed by atoms with Gasteiger partial charge in [-0.15, -0.1) is 0 Å². The van der Waals surface area contributed by atoms with Crippen LogP contribution in [0, 0.1) is 0 Å². The molecular weight excluding hydrogens is 356 g/mol. The Morgan fingerprint density at radius 2 is 1.69 bits per heavy atom. The summed E-state index contributed by atoms with van der Waals surface area (Å²) in [6.45, 7) is 0.222. The highest BCUT2D eigenvalue weighted by Gasteiger charge is 2.20. The van der Waals surface area contributed by atoms with Gasteiger partial charge in [0.05, 0.1) is 24.6 Å². The molecule has 2 rings (SSSR count). The van der Waals surface area contributed by atoms with Crippen LogP contribution in [0.25, 0.3) is 0 Å². The first-order chi connectivity index (χ1) is 12.3. The molecule has 0 spiro atoms. The van der Waals surface area contributed by atoms with Crippen LogP contribution in [0.3, 0.4) is 0 Å². The monoisotopic (exact) mass is 378 g/mol. The van der Waals surface area contributed by atoms with E-state index in [1.54, 1.807) is 50.6 Å². The standard InChI is InChI=1S/C18H22N2O5S/c1-20(15-9-5-7-11-17(15)24-2)18(21)14-8-4-6-10-16(14)25-13-12-19-26(3,22)23/h4-11,19H,12-13H2,1-3H3. The molecule has 0 radical (unpaired) electrons. The van der Waals surface area contributed by atoms with E-state index < -0.39 is 10.0 Å². The third-order valence-electron chi connectivity index (χ3n) is 3.59. The third kappa shape index (κ3) is 5.21. The van der Waals surface area contributed by atoms with E-state index in [2.05, 4.69) is 4.72 Å². The Balaban J connectivity index is 2.16. The molecule has 0 saturated heterocycles. The summed E-state index contributed by atoms with van der Waals surface area (Å²) in [5.41, 5.74) is 1.01. The number of anilines is 1. The molecule has 8 heteroatoms. The highest BCUT2D eigenvalue weighted by Crippen LogP contribution is 2.29. The minimum absolute atomic E-state index is 0.107. The van der Waals surface area contributed by atoms with Crippen molar-refractivity contribution in [2.75, 3.05) is 38.5 Å². The van der Waals surface area contributed by atoms with Gasteiger partial charge in [-0.05, 0) is 24.3 Å². The van der Waals surface area contributed by atoms with Gasteiger partial charge >= 0.3 is 0 Å². The number of ether oxygens (including phenoxy) is 2. The number of para-hydroxylation sites is 3. The van der Waals surface area contributed by atoms with E-state index in [0.29, 0.717) is 22.7 Å². The Labute approximate surface area is 153 Å². The van der Waals surface area contributed by atoms with Crippen LogP contribution in [0.5, 0.6) is 11.5 Å². The van der Waals surface area contributed by atoms with Crippen molar-refractivity contribution >= 4 is 21.6 Å². The maximum absolute atomic E-state index is 12.9. The molecule has 1 N–H and O–H groups in total. The number of methoxy groups -OCH3 is 1. The topological polar surface area (TPSA) is 84.9 Å². The lowest BCUT2D eigenvalue weighted by atomic mass is 10.1. The number of sulfonamides is 1. The van der Waals surface area contributed by atoms with E-state index in [-0.39, 0.29) is 19.1 Å². The van der Waals surface area contributed by atoms with Gasteiger partial charge in [0.15, 0.2) is 0 Å². The Bertz CT molecular complexity index is 867. The Morgan fingerprint density at radius 1 is 1.08 bits per heavy atom. The van der Waals surface area contributed by atoms with Gasteiger partial charge in [0.1, 0.15) is 18.1 Å². The Kier molecular flexibility index (Phi) is 6.59. The summed E-state index contributed by atoms with van der Waals surface area (Å²) in [5, 5.41) is 0. The van der Waals surface area contributed by atoms with Crippen LogP contribution in [0.4, 0.5) is 5.69 Å². The van der Waals surface area contributed by atoms with E-state index >= 15 is 0 Å². The quantitative estimate of drug-likeness (QED) is 0.709. The molecule has 0 aliphatic heterocycles. The van der Waals surface area contributed by atoms with Crippen molar-refractivity contribution in [2.24, 2.45) is 0 Å². The molecule has 0 fully saturated rings. The van der Waals surface area contributed by atoms with E-state index in [0.717, 1.165) is 6.26 Å². The first kappa shape index (κ1) is 19.7. The number of nitrogens with zero attached hydrogens (tertiary/aromatic N) is 1. The first-order valence-corrected chi connectivity index (χ1v) is 9.80. The largest absolute Gasteiger partial charge is 0.495 e. The molecule has 0 saturated carbocycles. The zero-order chi connectivity index (χ0) is 19.2. The van der Waals surface area contributed by atoms with Gasteiger partial charge in [-0.2, -0.15) is 0 Å². The van der Waals surface area contributed by atoms with Crippen LogP contribution in [0.2, 0.25) is 0 Å². The van der Waals surface area contributed by atoms with E-state index in [4.69, 9.17) is 9.47 Å². The molecule has 2 aromatic rings. The van der Waals surface area contributed by atoms with E-state index in [1.807, 2.05) is 12.1 Å². The summed E-state index contributed by atoms with van der Waals surface area (Å²) >= 11 is 0. The second-order valence-corrected chi connectivity index (χ2v) is 7.38. The van der Waals surface area contributed by atoms with Gasteiger partial charge in [-0.3, -0.25) is 4.79 Å².